The van der Waals surface area contributed by atoms with E-state index in [0.717, 1.165) is 24.4 Å². The third-order valence-electron chi connectivity index (χ3n) is 4.34. The number of rotatable bonds is 10. The summed E-state index contributed by atoms with van der Waals surface area (Å²) in [6, 6.07) is 8.69. The van der Waals surface area contributed by atoms with Gasteiger partial charge in [0, 0.05) is 19.6 Å². The number of nitrogens with one attached hydrogen (secondary N) is 1. The van der Waals surface area contributed by atoms with Crippen LogP contribution in [0.3, 0.4) is 0 Å². The monoisotopic (exact) mass is 410 g/mol. The van der Waals surface area contributed by atoms with Crippen LogP contribution in [-0.2, 0) is 25.6 Å². The van der Waals surface area contributed by atoms with Gasteiger partial charge in [-0.25, -0.2) is 9.59 Å². The third-order valence-corrected chi connectivity index (χ3v) is 4.98. The number of amides is 1. The van der Waals surface area contributed by atoms with Gasteiger partial charge in [0.1, 0.15) is 18.8 Å². The number of alkyl carbamates (subject to hydrolysis) is 1. The van der Waals surface area contributed by atoms with E-state index < -0.39 is 18.1 Å². The van der Waals surface area contributed by atoms with Crippen molar-refractivity contribution in [2.75, 3.05) is 44.9 Å². The van der Waals surface area contributed by atoms with Gasteiger partial charge < -0.3 is 19.5 Å². The fraction of sp³-hybridized carbons (Fsp3) is 0.600. The predicted molar refractivity (Wildman–Crippen MR) is 109 cm³/mol. The summed E-state index contributed by atoms with van der Waals surface area (Å²) in [5.41, 5.74) is 0.889. The Labute approximate surface area is 171 Å². The molecule has 1 N–H and O–H groups in total. The van der Waals surface area contributed by atoms with Crippen molar-refractivity contribution in [3.05, 3.63) is 35.9 Å². The van der Waals surface area contributed by atoms with Crippen LogP contribution in [0.1, 0.15) is 18.9 Å². The average Bonchev–Trinajstić information content (AvgIpc) is 2.71. The molecule has 1 heterocycles. The van der Waals surface area contributed by atoms with E-state index in [0.29, 0.717) is 26.2 Å². The molecule has 28 heavy (non-hydrogen) atoms. The molecule has 156 valence electrons. The zero-order valence-electron chi connectivity index (χ0n) is 16.6. The molecule has 0 aliphatic carbocycles. The maximum Gasteiger partial charge on any atom is 0.408 e. The van der Waals surface area contributed by atoms with Gasteiger partial charge in [0.25, 0.3) is 0 Å². The van der Waals surface area contributed by atoms with Gasteiger partial charge >= 0.3 is 12.1 Å². The van der Waals surface area contributed by atoms with Crippen molar-refractivity contribution in [1.82, 2.24) is 10.2 Å². The molecule has 1 fully saturated rings. The second-order valence-corrected chi connectivity index (χ2v) is 7.69. The van der Waals surface area contributed by atoms with E-state index in [1.54, 1.807) is 11.8 Å². The molecule has 0 radical (unpaired) electrons. The Hall–Kier alpha value is -1.77. The Morgan fingerprint density at radius 1 is 1.25 bits per heavy atom. The molecule has 1 saturated heterocycles. The molecule has 1 aliphatic rings. The predicted octanol–water partition coefficient (Wildman–Crippen LogP) is 2.30. The number of morpholine rings is 1. The fourth-order valence-corrected chi connectivity index (χ4v) is 3.33. The Kier molecular flexibility index (Phi) is 10.2. The number of nitrogens with zero attached hydrogens (tertiary/aromatic N) is 1. The topological polar surface area (TPSA) is 77.1 Å². The second-order valence-electron chi connectivity index (χ2n) is 6.70. The molecule has 0 saturated carbocycles. The largest absolute Gasteiger partial charge is 0.460 e. The molecule has 1 aliphatic heterocycles. The summed E-state index contributed by atoms with van der Waals surface area (Å²) in [4.78, 5) is 26.9. The van der Waals surface area contributed by atoms with Crippen LogP contribution in [0.25, 0.3) is 0 Å². The lowest BCUT2D eigenvalue weighted by Crippen LogP contribution is -2.46. The van der Waals surface area contributed by atoms with E-state index in [2.05, 4.69) is 10.2 Å². The van der Waals surface area contributed by atoms with Gasteiger partial charge in [0.2, 0.25) is 0 Å². The van der Waals surface area contributed by atoms with Crippen LogP contribution in [0.4, 0.5) is 4.79 Å². The minimum absolute atomic E-state index is 0.157. The van der Waals surface area contributed by atoms with Crippen molar-refractivity contribution in [2.24, 2.45) is 0 Å². The molecule has 2 rings (SSSR count). The smallest absolute Gasteiger partial charge is 0.408 e. The first kappa shape index (κ1) is 22.5. The van der Waals surface area contributed by atoms with Crippen molar-refractivity contribution >= 4 is 23.8 Å². The van der Waals surface area contributed by atoms with Crippen molar-refractivity contribution < 1.29 is 23.8 Å². The van der Waals surface area contributed by atoms with Crippen molar-refractivity contribution in [3.8, 4) is 0 Å². The van der Waals surface area contributed by atoms with Crippen LogP contribution in [0.2, 0.25) is 0 Å². The van der Waals surface area contributed by atoms with Gasteiger partial charge in [-0.2, -0.15) is 11.8 Å². The van der Waals surface area contributed by atoms with Gasteiger partial charge in [0.15, 0.2) is 0 Å². The molecular weight excluding hydrogens is 380 g/mol. The van der Waals surface area contributed by atoms with Crippen molar-refractivity contribution in [2.45, 2.75) is 32.1 Å². The van der Waals surface area contributed by atoms with E-state index in [4.69, 9.17) is 14.2 Å². The highest BCUT2D eigenvalue weighted by molar-refractivity contribution is 7.98. The van der Waals surface area contributed by atoms with Gasteiger partial charge in [-0.05, 0) is 30.9 Å². The summed E-state index contributed by atoms with van der Waals surface area (Å²) in [7, 11) is 0. The Balaban J connectivity index is 1.80. The standard InChI is InChI=1S/C20H30N2O5S/c1-16(14-22-9-11-25-12-10-22)27-19(23)18(8-13-28-2)21-20(24)26-15-17-6-4-3-5-7-17/h3-7,16,18H,8-15H2,1-2H3,(H,21,24). The quantitative estimate of drug-likeness (QED) is 0.593. The fourth-order valence-electron chi connectivity index (χ4n) is 2.86. The Morgan fingerprint density at radius 3 is 2.64 bits per heavy atom. The molecule has 8 heteroatoms. The average molecular weight is 411 g/mol. The van der Waals surface area contributed by atoms with Crippen LogP contribution in [0.15, 0.2) is 30.3 Å². The third kappa shape index (κ3) is 8.50. The summed E-state index contributed by atoms with van der Waals surface area (Å²) >= 11 is 1.61. The minimum Gasteiger partial charge on any atom is -0.460 e. The van der Waals surface area contributed by atoms with Crippen LogP contribution in [0.5, 0.6) is 0 Å². The molecule has 1 amide bonds. The Bertz CT molecular complexity index is 596. The van der Waals surface area contributed by atoms with Gasteiger partial charge in [-0.15, -0.1) is 0 Å². The highest BCUT2D eigenvalue weighted by Crippen LogP contribution is 2.08. The highest BCUT2D eigenvalue weighted by atomic mass is 32.2. The van der Waals surface area contributed by atoms with E-state index in [1.807, 2.05) is 43.5 Å². The molecule has 2 unspecified atom stereocenters. The summed E-state index contributed by atoms with van der Waals surface area (Å²) in [5, 5.41) is 2.65. The lowest BCUT2D eigenvalue weighted by atomic mass is 10.2. The number of benzene rings is 1. The van der Waals surface area contributed by atoms with Gasteiger partial charge in [-0.1, -0.05) is 30.3 Å². The van der Waals surface area contributed by atoms with E-state index in [-0.39, 0.29) is 12.7 Å². The zero-order valence-corrected chi connectivity index (χ0v) is 17.4. The van der Waals surface area contributed by atoms with Crippen molar-refractivity contribution in [1.29, 1.82) is 0 Å². The van der Waals surface area contributed by atoms with Crippen LogP contribution < -0.4 is 5.32 Å². The number of thioether (sulfide) groups is 1. The SMILES string of the molecule is CSCCC(NC(=O)OCc1ccccc1)C(=O)OC(C)CN1CCOCC1. The maximum absolute atomic E-state index is 12.6. The van der Waals surface area contributed by atoms with Gasteiger partial charge in [-0.3, -0.25) is 4.90 Å². The van der Waals surface area contributed by atoms with Gasteiger partial charge in [0.05, 0.1) is 13.2 Å². The molecule has 0 bridgehead atoms. The number of esters is 1. The Morgan fingerprint density at radius 2 is 1.96 bits per heavy atom. The van der Waals surface area contributed by atoms with Crippen LogP contribution in [-0.4, -0.2) is 74.0 Å². The normalized spacial score (nSPS) is 16.8. The minimum atomic E-state index is -0.720. The number of carbonyl (C=O) groups is 2. The van der Waals surface area contributed by atoms with E-state index >= 15 is 0 Å². The first-order chi connectivity index (χ1) is 13.6. The first-order valence-electron chi connectivity index (χ1n) is 9.55. The lowest BCUT2D eigenvalue weighted by molar-refractivity contribution is -0.152. The summed E-state index contributed by atoms with van der Waals surface area (Å²) in [5.74, 6) is 0.308. The van der Waals surface area contributed by atoms with Crippen LogP contribution in [0, 0.1) is 0 Å². The van der Waals surface area contributed by atoms with E-state index in [9.17, 15) is 9.59 Å². The molecule has 0 aromatic heterocycles. The lowest BCUT2D eigenvalue weighted by Gasteiger charge is -2.29. The molecular formula is C20H30N2O5S. The summed E-state index contributed by atoms with van der Waals surface area (Å²) < 4.78 is 16.1. The molecule has 1 aromatic rings. The summed E-state index contributed by atoms with van der Waals surface area (Å²) in [6.07, 6.45) is 1.57. The molecule has 2 atom stereocenters. The van der Waals surface area contributed by atoms with Crippen LogP contribution >= 0.6 is 11.8 Å². The molecule has 1 aromatic carbocycles. The molecule has 0 spiro atoms. The van der Waals surface area contributed by atoms with E-state index in [1.165, 1.54) is 0 Å². The number of ether oxygens (including phenoxy) is 3. The first-order valence-corrected chi connectivity index (χ1v) is 10.9. The number of carbonyl (C=O) groups excluding carboxylic acids is 2. The highest BCUT2D eigenvalue weighted by Gasteiger charge is 2.25. The molecule has 7 nitrogen and oxygen atoms in total. The number of hydrogen-bond acceptors (Lipinski definition) is 7. The zero-order chi connectivity index (χ0) is 20.2. The second kappa shape index (κ2) is 12.6. The maximum atomic E-state index is 12.6. The number of hydrogen-bond donors (Lipinski definition) is 1. The summed E-state index contributed by atoms with van der Waals surface area (Å²) in [6.45, 7) is 5.75. The van der Waals surface area contributed by atoms with Crippen molar-refractivity contribution in [3.63, 3.8) is 0 Å².